The van der Waals surface area contributed by atoms with E-state index in [1.807, 2.05) is 13.8 Å². The summed E-state index contributed by atoms with van der Waals surface area (Å²) in [6.07, 6.45) is 0. The summed E-state index contributed by atoms with van der Waals surface area (Å²) in [4.78, 5) is 11.7. The van der Waals surface area contributed by atoms with Crippen LogP contribution < -0.4 is 15.4 Å². The molecular weight excluding hydrogens is 244 g/mol. The fourth-order valence-corrected chi connectivity index (χ4v) is 1.43. The van der Waals surface area contributed by atoms with Crippen molar-refractivity contribution in [3.05, 3.63) is 24.3 Å². The molecule has 106 valence electrons. The first-order valence-corrected chi connectivity index (χ1v) is 6.16. The molecule has 0 radical (unpaired) electrons. The minimum Gasteiger partial charge on any atom is -0.497 e. The molecule has 0 saturated carbocycles. The minimum atomic E-state index is -0.277. The quantitative estimate of drug-likeness (QED) is 0.788. The molecule has 0 aliphatic heterocycles. The molecule has 0 spiro atoms. The number of amides is 1. The Labute approximate surface area is 114 Å². The van der Waals surface area contributed by atoms with E-state index in [-0.39, 0.29) is 18.1 Å². The second-order valence-electron chi connectivity index (χ2n) is 4.84. The Morgan fingerprint density at radius 3 is 2.37 bits per heavy atom. The Morgan fingerprint density at radius 2 is 1.84 bits per heavy atom. The highest BCUT2D eigenvalue weighted by Crippen LogP contribution is 2.14. The van der Waals surface area contributed by atoms with Gasteiger partial charge in [-0.3, -0.25) is 4.79 Å². The standard InChI is InChI=1S/C14H22N2O3/c1-14(2,19-4)10-15-9-13(17)16-11-5-7-12(18-3)8-6-11/h5-8,15H,9-10H2,1-4H3,(H,16,17). The third-order valence-corrected chi connectivity index (χ3v) is 2.76. The number of carbonyl (C=O) groups is 1. The van der Waals surface area contributed by atoms with Gasteiger partial charge in [0.15, 0.2) is 0 Å². The van der Waals surface area contributed by atoms with Crippen molar-refractivity contribution in [1.29, 1.82) is 0 Å². The summed E-state index contributed by atoms with van der Waals surface area (Å²) in [6.45, 7) is 4.78. The maximum atomic E-state index is 11.7. The average Bonchev–Trinajstić information content (AvgIpc) is 2.39. The zero-order valence-corrected chi connectivity index (χ0v) is 11.9. The summed E-state index contributed by atoms with van der Waals surface area (Å²) in [6, 6.07) is 7.21. The van der Waals surface area contributed by atoms with E-state index < -0.39 is 0 Å². The molecule has 0 atom stereocenters. The number of hydrogen-bond donors (Lipinski definition) is 2. The lowest BCUT2D eigenvalue weighted by molar-refractivity contribution is -0.115. The SMILES string of the molecule is COc1ccc(NC(=O)CNCC(C)(C)OC)cc1. The highest BCUT2D eigenvalue weighted by atomic mass is 16.5. The lowest BCUT2D eigenvalue weighted by Crippen LogP contribution is -2.40. The van der Waals surface area contributed by atoms with Gasteiger partial charge in [0.1, 0.15) is 5.75 Å². The predicted octanol–water partition coefficient (Wildman–Crippen LogP) is 1.65. The molecule has 0 saturated heterocycles. The lowest BCUT2D eigenvalue weighted by atomic mass is 10.1. The normalized spacial score (nSPS) is 11.2. The van der Waals surface area contributed by atoms with Crippen molar-refractivity contribution in [3.8, 4) is 5.75 Å². The fourth-order valence-electron chi connectivity index (χ4n) is 1.43. The van der Waals surface area contributed by atoms with Crippen LogP contribution in [0.2, 0.25) is 0 Å². The molecule has 0 unspecified atom stereocenters. The molecular formula is C14H22N2O3. The van der Waals surface area contributed by atoms with E-state index in [9.17, 15) is 4.79 Å². The van der Waals surface area contributed by atoms with Gasteiger partial charge in [0, 0.05) is 19.3 Å². The first-order chi connectivity index (χ1) is 8.96. The van der Waals surface area contributed by atoms with Crippen molar-refractivity contribution in [1.82, 2.24) is 5.32 Å². The second kappa shape index (κ2) is 7.11. The largest absolute Gasteiger partial charge is 0.497 e. The Balaban J connectivity index is 2.34. The van der Waals surface area contributed by atoms with Gasteiger partial charge in [-0.05, 0) is 38.1 Å². The van der Waals surface area contributed by atoms with Crippen LogP contribution in [-0.4, -0.2) is 38.8 Å². The van der Waals surface area contributed by atoms with Gasteiger partial charge in [-0.1, -0.05) is 0 Å². The van der Waals surface area contributed by atoms with Gasteiger partial charge in [0.25, 0.3) is 0 Å². The van der Waals surface area contributed by atoms with Crippen LogP contribution in [0.5, 0.6) is 5.75 Å². The molecule has 2 N–H and O–H groups in total. The molecule has 0 aliphatic carbocycles. The molecule has 0 heterocycles. The molecule has 1 amide bonds. The topological polar surface area (TPSA) is 59.6 Å². The lowest BCUT2D eigenvalue weighted by Gasteiger charge is -2.23. The Kier molecular flexibility index (Phi) is 5.79. The van der Waals surface area contributed by atoms with Crippen LogP contribution >= 0.6 is 0 Å². The van der Waals surface area contributed by atoms with E-state index in [1.54, 1.807) is 38.5 Å². The number of carbonyl (C=O) groups excluding carboxylic acids is 1. The zero-order chi connectivity index (χ0) is 14.3. The number of rotatable bonds is 7. The van der Waals surface area contributed by atoms with Gasteiger partial charge in [0.05, 0.1) is 19.3 Å². The van der Waals surface area contributed by atoms with Crippen LogP contribution in [-0.2, 0) is 9.53 Å². The summed E-state index contributed by atoms with van der Waals surface area (Å²) in [5.41, 5.74) is 0.471. The average molecular weight is 266 g/mol. The minimum absolute atomic E-state index is 0.0860. The molecule has 0 bridgehead atoms. The smallest absolute Gasteiger partial charge is 0.238 e. The van der Waals surface area contributed by atoms with Crippen LogP contribution in [0, 0.1) is 0 Å². The number of nitrogens with one attached hydrogen (secondary N) is 2. The summed E-state index contributed by atoms with van der Waals surface area (Å²) in [5, 5.41) is 5.86. The maximum Gasteiger partial charge on any atom is 0.238 e. The van der Waals surface area contributed by atoms with Crippen molar-refractivity contribution in [2.24, 2.45) is 0 Å². The van der Waals surface area contributed by atoms with E-state index >= 15 is 0 Å². The first-order valence-electron chi connectivity index (χ1n) is 6.16. The molecule has 1 aromatic carbocycles. The summed E-state index contributed by atoms with van der Waals surface area (Å²) in [7, 11) is 3.26. The summed E-state index contributed by atoms with van der Waals surface area (Å²) < 4.78 is 10.3. The van der Waals surface area contributed by atoms with Crippen molar-refractivity contribution in [2.75, 3.05) is 32.6 Å². The number of methoxy groups -OCH3 is 2. The third-order valence-electron chi connectivity index (χ3n) is 2.76. The van der Waals surface area contributed by atoms with Crippen molar-refractivity contribution in [2.45, 2.75) is 19.4 Å². The van der Waals surface area contributed by atoms with Crippen molar-refractivity contribution in [3.63, 3.8) is 0 Å². The number of hydrogen-bond acceptors (Lipinski definition) is 4. The van der Waals surface area contributed by atoms with Gasteiger partial charge in [-0.25, -0.2) is 0 Å². The number of benzene rings is 1. The van der Waals surface area contributed by atoms with E-state index in [0.29, 0.717) is 6.54 Å². The van der Waals surface area contributed by atoms with E-state index in [2.05, 4.69) is 10.6 Å². The molecule has 0 aliphatic rings. The van der Waals surface area contributed by atoms with Crippen LogP contribution in [0.3, 0.4) is 0 Å². The molecule has 0 aromatic heterocycles. The van der Waals surface area contributed by atoms with E-state index in [1.165, 1.54) is 0 Å². The van der Waals surface area contributed by atoms with Gasteiger partial charge < -0.3 is 20.1 Å². The van der Waals surface area contributed by atoms with Gasteiger partial charge in [-0.2, -0.15) is 0 Å². The van der Waals surface area contributed by atoms with Crippen LogP contribution in [0.25, 0.3) is 0 Å². The van der Waals surface area contributed by atoms with Crippen molar-refractivity contribution >= 4 is 11.6 Å². The number of anilines is 1. The highest BCUT2D eigenvalue weighted by molar-refractivity contribution is 5.92. The first kappa shape index (κ1) is 15.5. The monoisotopic (exact) mass is 266 g/mol. The highest BCUT2D eigenvalue weighted by Gasteiger charge is 2.15. The summed E-state index contributed by atoms with van der Waals surface area (Å²) in [5.74, 6) is 0.676. The molecule has 0 fully saturated rings. The predicted molar refractivity (Wildman–Crippen MR) is 75.6 cm³/mol. The second-order valence-corrected chi connectivity index (χ2v) is 4.84. The Morgan fingerprint density at radius 1 is 1.21 bits per heavy atom. The van der Waals surface area contributed by atoms with Crippen LogP contribution in [0.15, 0.2) is 24.3 Å². The van der Waals surface area contributed by atoms with E-state index in [0.717, 1.165) is 11.4 Å². The maximum absolute atomic E-state index is 11.7. The van der Waals surface area contributed by atoms with Crippen LogP contribution in [0.4, 0.5) is 5.69 Å². The molecule has 19 heavy (non-hydrogen) atoms. The fraction of sp³-hybridized carbons (Fsp3) is 0.500. The third kappa shape index (κ3) is 5.72. The molecule has 5 nitrogen and oxygen atoms in total. The Bertz CT molecular complexity index is 402. The van der Waals surface area contributed by atoms with Gasteiger partial charge in [0.2, 0.25) is 5.91 Å². The number of ether oxygens (including phenoxy) is 2. The van der Waals surface area contributed by atoms with Crippen molar-refractivity contribution < 1.29 is 14.3 Å². The van der Waals surface area contributed by atoms with Gasteiger partial charge >= 0.3 is 0 Å². The zero-order valence-electron chi connectivity index (χ0n) is 11.9. The van der Waals surface area contributed by atoms with Crippen LogP contribution in [0.1, 0.15) is 13.8 Å². The van der Waals surface area contributed by atoms with E-state index in [4.69, 9.17) is 9.47 Å². The Hall–Kier alpha value is -1.59. The molecule has 1 aromatic rings. The summed E-state index contributed by atoms with van der Waals surface area (Å²) >= 11 is 0. The molecule has 5 heteroatoms. The van der Waals surface area contributed by atoms with Gasteiger partial charge in [-0.15, -0.1) is 0 Å². The molecule has 1 rings (SSSR count).